The van der Waals surface area contributed by atoms with Gasteiger partial charge < -0.3 is 0 Å². The van der Waals surface area contributed by atoms with E-state index in [2.05, 4.69) is 15.9 Å². The molecule has 0 unspecified atom stereocenters. The van der Waals surface area contributed by atoms with E-state index in [0.29, 0.717) is 18.4 Å². The molecule has 0 heterocycles. The number of Topliss-reactive ketones (excluding diaryl/α,β-unsaturated/α-hetero) is 1. The Hall–Kier alpha value is -0.700. The molecule has 1 saturated carbocycles. The maximum Gasteiger partial charge on any atom is 0.134 e. The van der Waals surface area contributed by atoms with E-state index in [1.54, 1.807) is 12.1 Å². The molecule has 0 amide bonds. The van der Waals surface area contributed by atoms with Crippen molar-refractivity contribution in [1.29, 1.82) is 0 Å². The Morgan fingerprint density at radius 2 is 2.08 bits per heavy atom. The molecular weight excluding hydrogens is 235 g/mol. The van der Waals surface area contributed by atoms with Crippen molar-refractivity contribution in [2.45, 2.75) is 18.8 Å². The van der Waals surface area contributed by atoms with Gasteiger partial charge in [-0.3, -0.25) is 4.79 Å². The number of carbonyl (C=O) groups is 1. The van der Waals surface area contributed by atoms with Crippen LogP contribution in [0.5, 0.6) is 0 Å². The lowest BCUT2D eigenvalue weighted by Gasteiger charge is -2.24. The molecule has 1 aliphatic rings. The average Bonchev–Trinajstić information content (AvgIpc) is 2.00. The lowest BCUT2D eigenvalue weighted by molar-refractivity contribution is -0.124. The van der Waals surface area contributed by atoms with Gasteiger partial charge in [0.1, 0.15) is 11.6 Å². The van der Waals surface area contributed by atoms with Crippen LogP contribution >= 0.6 is 15.9 Å². The van der Waals surface area contributed by atoms with Gasteiger partial charge in [0.15, 0.2) is 0 Å². The van der Waals surface area contributed by atoms with Gasteiger partial charge in [0.05, 0.1) is 0 Å². The monoisotopic (exact) mass is 242 g/mol. The molecule has 0 spiro atoms. The van der Waals surface area contributed by atoms with E-state index in [0.717, 1.165) is 4.47 Å². The van der Waals surface area contributed by atoms with E-state index in [1.807, 2.05) is 0 Å². The first-order chi connectivity index (χ1) is 6.16. The lowest BCUT2D eigenvalue weighted by atomic mass is 9.79. The second-order valence-electron chi connectivity index (χ2n) is 3.31. The molecule has 1 nitrogen and oxygen atoms in total. The minimum atomic E-state index is -0.216. The fourth-order valence-corrected chi connectivity index (χ4v) is 1.88. The van der Waals surface area contributed by atoms with Crippen LogP contribution in [0.15, 0.2) is 22.7 Å². The molecule has 2 rings (SSSR count). The molecule has 1 aliphatic carbocycles. The quantitative estimate of drug-likeness (QED) is 0.740. The minimum absolute atomic E-state index is 0.112. The van der Waals surface area contributed by atoms with Crippen LogP contribution in [-0.4, -0.2) is 5.78 Å². The second-order valence-corrected chi connectivity index (χ2v) is 4.23. The molecule has 1 aromatic rings. The van der Waals surface area contributed by atoms with Crippen LogP contribution in [-0.2, 0) is 4.79 Å². The van der Waals surface area contributed by atoms with E-state index in [9.17, 15) is 9.18 Å². The van der Waals surface area contributed by atoms with E-state index in [1.165, 1.54) is 6.07 Å². The van der Waals surface area contributed by atoms with Crippen molar-refractivity contribution in [3.8, 4) is 0 Å². The van der Waals surface area contributed by atoms with E-state index < -0.39 is 0 Å². The molecule has 3 heteroatoms. The number of hydrogen-bond acceptors (Lipinski definition) is 1. The summed E-state index contributed by atoms with van der Waals surface area (Å²) >= 11 is 3.19. The normalized spacial score (nSPS) is 17.2. The van der Waals surface area contributed by atoms with Gasteiger partial charge in [0, 0.05) is 23.2 Å². The Bertz CT molecular complexity index is 354. The SMILES string of the molecule is O=C1CC(c2ccc(Br)cc2F)C1. The zero-order chi connectivity index (χ0) is 9.42. The third-order valence-electron chi connectivity index (χ3n) is 2.35. The number of carbonyl (C=O) groups excluding carboxylic acids is 1. The van der Waals surface area contributed by atoms with Crippen molar-refractivity contribution in [3.05, 3.63) is 34.1 Å². The van der Waals surface area contributed by atoms with E-state index >= 15 is 0 Å². The van der Waals surface area contributed by atoms with Crippen molar-refractivity contribution in [3.63, 3.8) is 0 Å². The Labute approximate surface area is 84.1 Å². The van der Waals surface area contributed by atoms with Gasteiger partial charge in [0.2, 0.25) is 0 Å². The smallest absolute Gasteiger partial charge is 0.134 e. The maximum atomic E-state index is 13.3. The van der Waals surface area contributed by atoms with Crippen LogP contribution < -0.4 is 0 Å². The Kier molecular flexibility index (Phi) is 2.20. The van der Waals surface area contributed by atoms with Gasteiger partial charge in [0.25, 0.3) is 0 Å². The zero-order valence-electron chi connectivity index (χ0n) is 6.89. The summed E-state index contributed by atoms with van der Waals surface area (Å²) in [5, 5.41) is 0. The van der Waals surface area contributed by atoms with Crippen LogP contribution in [0.25, 0.3) is 0 Å². The van der Waals surface area contributed by atoms with Crippen molar-refractivity contribution in [2.75, 3.05) is 0 Å². The predicted octanol–water partition coefficient (Wildman–Crippen LogP) is 3.03. The first-order valence-corrected chi connectivity index (χ1v) is 4.93. The second kappa shape index (κ2) is 3.22. The highest BCUT2D eigenvalue weighted by molar-refractivity contribution is 9.10. The fourth-order valence-electron chi connectivity index (χ4n) is 1.54. The van der Waals surface area contributed by atoms with Crippen molar-refractivity contribution >= 4 is 21.7 Å². The van der Waals surface area contributed by atoms with Gasteiger partial charge in [-0.2, -0.15) is 0 Å². The van der Waals surface area contributed by atoms with Crippen molar-refractivity contribution < 1.29 is 9.18 Å². The fraction of sp³-hybridized carbons (Fsp3) is 0.300. The van der Waals surface area contributed by atoms with Crippen molar-refractivity contribution in [2.24, 2.45) is 0 Å². The first kappa shape index (κ1) is 8.88. The Morgan fingerprint density at radius 1 is 1.38 bits per heavy atom. The van der Waals surface area contributed by atoms with E-state index in [-0.39, 0.29) is 17.5 Å². The largest absolute Gasteiger partial charge is 0.300 e. The van der Waals surface area contributed by atoms with Gasteiger partial charge in [-0.1, -0.05) is 22.0 Å². The highest BCUT2D eigenvalue weighted by Crippen LogP contribution is 2.35. The summed E-state index contributed by atoms with van der Waals surface area (Å²) in [7, 11) is 0. The number of benzene rings is 1. The molecular formula is C10H8BrFO. The molecule has 68 valence electrons. The predicted molar refractivity (Wildman–Crippen MR) is 51.1 cm³/mol. The van der Waals surface area contributed by atoms with Crippen LogP contribution in [0.1, 0.15) is 24.3 Å². The maximum absolute atomic E-state index is 13.3. The minimum Gasteiger partial charge on any atom is -0.300 e. The van der Waals surface area contributed by atoms with Crippen LogP contribution in [0.2, 0.25) is 0 Å². The Balaban J connectivity index is 2.26. The highest BCUT2D eigenvalue weighted by Gasteiger charge is 2.29. The zero-order valence-corrected chi connectivity index (χ0v) is 8.47. The standard InChI is InChI=1S/C10H8BrFO/c11-7-1-2-9(10(12)5-7)6-3-8(13)4-6/h1-2,5-6H,3-4H2. The molecule has 0 bridgehead atoms. The average molecular weight is 243 g/mol. The number of rotatable bonds is 1. The highest BCUT2D eigenvalue weighted by atomic mass is 79.9. The summed E-state index contributed by atoms with van der Waals surface area (Å²) in [4.78, 5) is 10.7. The molecule has 0 saturated heterocycles. The topological polar surface area (TPSA) is 17.1 Å². The molecule has 0 atom stereocenters. The third kappa shape index (κ3) is 1.66. The van der Waals surface area contributed by atoms with Gasteiger partial charge in [-0.25, -0.2) is 4.39 Å². The first-order valence-electron chi connectivity index (χ1n) is 4.13. The summed E-state index contributed by atoms with van der Waals surface area (Å²) < 4.78 is 14.0. The van der Waals surface area contributed by atoms with Crippen LogP contribution in [0, 0.1) is 5.82 Å². The molecule has 1 fully saturated rings. The van der Waals surface area contributed by atoms with Crippen molar-refractivity contribution in [1.82, 2.24) is 0 Å². The molecule has 13 heavy (non-hydrogen) atoms. The third-order valence-corrected chi connectivity index (χ3v) is 2.84. The number of halogens is 2. The van der Waals surface area contributed by atoms with Gasteiger partial charge in [-0.15, -0.1) is 0 Å². The van der Waals surface area contributed by atoms with Crippen LogP contribution in [0.4, 0.5) is 4.39 Å². The van der Waals surface area contributed by atoms with Crippen LogP contribution in [0.3, 0.4) is 0 Å². The van der Waals surface area contributed by atoms with Gasteiger partial charge in [-0.05, 0) is 17.7 Å². The molecule has 0 aromatic heterocycles. The Morgan fingerprint density at radius 3 is 2.62 bits per heavy atom. The summed E-state index contributed by atoms with van der Waals surface area (Å²) in [6.45, 7) is 0. The van der Waals surface area contributed by atoms with Gasteiger partial charge >= 0.3 is 0 Å². The molecule has 0 N–H and O–H groups in total. The summed E-state index contributed by atoms with van der Waals surface area (Å²) in [5.74, 6) is 0.125. The number of hydrogen-bond donors (Lipinski definition) is 0. The summed E-state index contributed by atoms with van der Waals surface area (Å²) in [5.41, 5.74) is 0.669. The summed E-state index contributed by atoms with van der Waals surface area (Å²) in [6, 6.07) is 5.00. The lowest BCUT2D eigenvalue weighted by Crippen LogP contribution is -2.21. The molecule has 0 aliphatic heterocycles. The molecule has 0 radical (unpaired) electrons. The number of ketones is 1. The molecule has 1 aromatic carbocycles. The van der Waals surface area contributed by atoms with E-state index in [4.69, 9.17) is 0 Å². The summed E-state index contributed by atoms with van der Waals surface area (Å²) in [6.07, 6.45) is 0.997.